The summed E-state index contributed by atoms with van der Waals surface area (Å²) in [5.74, 6) is 1.51. The number of hydrogen-bond donors (Lipinski definition) is 0. The van der Waals surface area contributed by atoms with E-state index in [9.17, 15) is 0 Å². The molecule has 0 fully saturated rings. The molecule has 78 valence electrons. The molecule has 1 aromatic carbocycles. The third-order valence-electron chi connectivity index (χ3n) is 2.29. The summed E-state index contributed by atoms with van der Waals surface area (Å²) in [5.41, 5.74) is 2.23. The zero-order chi connectivity index (χ0) is 10.8. The van der Waals surface area contributed by atoms with Crippen LogP contribution in [0.3, 0.4) is 0 Å². The summed E-state index contributed by atoms with van der Waals surface area (Å²) >= 11 is 0. The van der Waals surface area contributed by atoms with Gasteiger partial charge in [-0.05, 0) is 24.3 Å². The maximum absolute atomic E-state index is 5.45. The molecule has 1 aromatic heterocycles. The van der Waals surface area contributed by atoms with E-state index in [-0.39, 0.29) is 0 Å². The van der Waals surface area contributed by atoms with Crippen LogP contribution in [0.1, 0.15) is 5.89 Å². The van der Waals surface area contributed by atoms with Crippen LogP contribution < -0.4 is 4.90 Å². The highest BCUT2D eigenvalue weighted by Gasteiger charge is 2.03. The van der Waals surface area contributed by atoms with E-state index in [1.54, 1.807) is 6.20 Å². The predicted molar refractivity (Wildman–Crippen MR) is 61.0 cm³/mol. The standard InChI is InChI=1S/C12H14N2O/c1-9-13-8-12(15-9)10-4-6-11(7-5-10)14(2)3/h4-8H,1-3H3. The predicted octanol–water partition coefficient (Wildman–Crippen LogP) is 2.72. The van der Waals surface area contributed by atoms with E-state index >= 15 is 0 Å². The first-order chi connectivity index (χ1) is 7.16. The topological polar surface area (TPSA) is 29.3 Å². The Morgan fingerprint density at radius 1 is 1.13 bits per heavy atom. The summed E-state index contributed by atoms with van der Waals surface area (Å²) in [6.45, 7) is 1.84. The highest BCUT2D eigenvalue weighted by molar-refractivity contribution is 5.61. The molecule has 0 radical (unpaired) electrons. The zero-order valence-electron chi connectivity index (χ0n) is 9.19. The van der Waals surface area contributed by atoms with Gasteiger partial charge in [-0.1, -0.05) is 0 Å². The Labute approximate surface area is 89.4 Å². The quantitative estimate of drug-likeness (QED) is 0.749. The Hall–Kier alpha value is -1.77. The van der Waals surface area contributed by atoms with Crippen LogP contribution in [0.15, 0.2) is 34.9 Å². The highest BCUT2D eigenvalue weighted by atomic mass is 16.4. The van der Waals surface area contributed by atoms with Crippen molar-refractivity contribution >= 4 is 5.69 Å². The van der Waals surface area contributed by atoms with E-state index in [2.05, 4.69) is 22.0 Å². The monoisotopic (exact) mass is 202 g/mol. The lowest BCUT2D eigenvalue weighted by atomic mass is 10.1. The summed E-state index contributed by atoms with van der Waals surface area (Å²) in [6, 6.07) is 8.20. The molecule has 0 aliphatic heterocycles. The fourth-order valence-electron chi connectivity index (χ4n) is 1.42. The number of anilines is 1. The molecule has 0 spiro atoms. The van der Waals surface area contributed by atoms with Crippen LogP contribution in [-0.4, -0.2) is 19.1 Å². The van der Waals surface area contributed by atoms with E-state index in [4.69, 9.17) is 4.42 Å². The molecule has 3 nitrogen and oxygen atoms in total. The van der Waals surface area contributed by atoms with Crippen molar-refractivity contribution in [3.63, 3.8) is 0 Å². The Morgan fingerprint density at radius 3 is 2.27 bits per heavy atom. The Kier molecular flexibility index (Phi) is 2.46. The first-order valence-corrected chi connectivity index (χ1v) is 4.87. The number of aromatic nitrogens is 1. The molecular weight excluding hydrogens is 188 g/mol. The molecule has 0 atom stereocenters. The first kappa shape index (κ1) is 9.77. The van der Waals surface area contributed by atoms with Gasteiger partial charge in [0.2, 0.25) is 0 Å². The first-order valence-electron chi connectivity index (χ1n) is 4.87. The van der Waals surface area contributed by atoms with Crippen LogP contribution in [-0.2, 0) is 0 Å². The normalized spacial score (nSPS) is 10.3. The molecule has 3 heteroatoms. The average molecular weight is 202 g/mol. The molecule has 2 aromatic rings. The van der Waals surface area contributed by atoms with Gasteiger partial charge in [-0.15, -0.1) is 0 Å². The van der Waals surface area contributed by atoms with Crippen molar-refractivity contribution in [2.75, 3.05) is 19.0 Å². The van der Waals surface area contributed by atoms with E-state index in [0.29, 0.717) is 5.89 Å². The largest absolute Gasteiger partial charge is 0.441 e. The fraction of sp³-hybridized carbons (Fsp3) is 0.250. The molecule has 0 bridgehead atoms. The third kappa shape index (κ3) is 2.01. The minimum Gasteiger partial charge on any atom is -0.441 e. The Morgan fingerprint density at radius 2 is 1.80 bits per heavy atom. The number of nitrogens with zero attached hydrogens (tertiary/aromatic N) is 2. The second kappa shape index (κ2) is 3.77. The van der Waals surface area contributed by atoms with Crippen molar-refractivity contribution in [2.45, 2.75) is 6.92 Å². The maximum Gasteiger partial charge on any atom is 0.191 e. The van der Waals surface area contributed by atoms with Gasteiger partial charge in [0.1, 0.15) is 0 Å². The van der Waals surface area contributed by atoms with Crippen molar-refractivity contribution in [3.05, 3.63) is 36.4 Å². The molecule has 0 aliphatic rings. The van der Waals surface area contributed by atoms with Gasteiger partial charge in [-0.25, -0.2) is 4.98 Å². The van der Waals surface area contributed by atoms with Gasteiger partial charge < -0.3 is 9.32 Å². The van der Waals surface area contributed by atoms with Crippen LogP contribution in [0.25, 0.3) is 11.3 Å². The lowest BCUT2D eigenvalue weighted by molar-refractivity contribution is 0.534. The zero-order valence-corrected chi connectivity index (χ0v) is 9.19. The van der Waals surface area contributed by atoms with Gasteiger partial charge in [0, 0.05) is 32.3 Å². The average Bonchev–Trinajstić information content (AvgIpc) is 2.65. The van der Waals surface area contributed by atoms with Crippen LogP contribution in [0.2, 0.25) is 0 Å². The van der Waals surface area contributed by atoms with Gasteiger partial charge in [0.25, 0.3) is 0 Å². The summed E-state index contributed by atoms with van der Waals surface area (Å²) in [4.78, 5) is 6.14. The van der Waals surface area contributed by atoms with Gasteiger partial charge in [0.15, 0.2) is 11.7 Å². The summed E-state index contributed by atoms with van der Waals surface area (Å²) < 4.78 is 5.45. The molecule has 0 unspecified atom stereocenters. The number of benzene rings is 1. The number of oxazole rings is 1. The number of rotatable bonds is 2. The Bertz CT molecular complexity index is 443. The Balaban J connectivity index is 2.31. The lowest BCUT2D eigenvalue weighted by Crippen LogP contribution is -2.07. The van der Waals surface area contributed by atoms with Gasteiger partial charge in [-0.2, -0.15) is 0 Å². The maximum atomic E-state index is 5.45. The molecule has 0 saturated heterocycles. The number of hydrogen-bond acceptors (Lipinski definition) is 3. The van der Waals surface area contributed by atoms with Gasteiger partial charge in [-0.3, -0.25) is 0 Å². The third-order valence-corrected chi connectivity index (χ3v) is 2.29. The minimum absolute atomic E-state index is 0.696. The highest BCUT2D eigenvalue weighted by Crippen LogP contribution is 2.22. The van der Waals surface area contributed by atoms with Crippen molar-refractivity contribution < 1.29 is 4.42 Å². The molecule has 0 saturated carbocycles. The second-order valence-corrected chi connectivity index (χ2v) is 3.68. The van der Waals surface area contributed by atoms with E-state index < -0.39 is 0 Å². The van der Waals surface area contributed by atoms with Crippen molar-refractivity contribution in [2.24, 2.45) is 0 Å². The molecule has 0 amide bonds. The molecule has 2 rings (SSSR count). The van der Waals surface area contributed by atoms with Gasteiger partial charge in [0.05, 0.1) is 6.20 Å². The van der Waals surface area contributed by atoms with E-state index in [0.717, 1.165) is 11.3 Å². The van der Waals surface area contributed by atoms with E-state index in [1.807, 2.05) is 33.2 Å². The van der Waals surface area contributed by atoms with Crippen molar-refractivity contribution in [3.8, 4) is 11.3 Å². The molecule has 15 heavy (non-hydrogen) atoms. The number of aryl methyl sites for hydroxylation is 1. The lowest BCUT2D eigenvalue weighted by Gasteiger charge is -2.11. The SMILES string of the molecule is Cc1ncc(-c2ccc(N(C)C)cc2)o1. The van der Waals surface area contributed by atoms with E-state index in [1.165, 1.54) is 5.69 Å². The van der Waals surface area contributed by atoms with Crippen LogP contribution in [0.4, 0.5) is 5.69 Å². The minimum atomic E-state index is 0.696. The summed E-state index contributed by atoms with van der Waals surface area (Å²) in [6.07, 6.45) is 1.75. The fourth-order valence-corrected chi connectivity index (χ4v) is 1.42. The molecular formula is C12H14N2O. The van der Waals surface area contributed by atoms with Crippen LogP contribution >= 0.6 is 0 Å². The van der Waals surface area contributed by atoms with Crippen molar-refractivity contribution in [1.82, 2.24) is 4.98 Å². The second-order valence-electron chi connectivity index (χ2n) is 3.68. The molecule has 0 aliphatic carbocycles. The van der Waals surface area contributed by atoms with Crippen LogP contribution in [0, 0.1) is 6.92 Å². The summed E-state index contributed by atoms with van der Waals surface area (Å²) in [5, 5.41) is 0. The van der Waals surface area contributed by atoms with Crippen LogP contribution in [0.5, 0.6) is 0 Å². The summed E-state index contributed by atoms with van der Waals surface area (Å²) in [7, 11) is 4.04. The van der Waals surface area contributed by atoms with Gasteiger partial charge >= 0.3 is 0 Å². The molecule has 0 N–H and O–H groups in total. The smallest absolute Gasteiger partial charge is 0.191 e. The molecule has 1 heterocycles. The van der Waals surface area contributed by atoms with Crippen molar-refractivity contribution in [1.29, 1.82) is 0 Å².